The van der Waals surface area contributed by atoms with E-state index in [2.05, 4.69) is 41.2 Å². The van der Waals surface area contributed by atoms with Crippen molar-refractivity contribution >= 4 is 0 Å². The zero-order valence-corrected chi connectivity index (χ0v) is 14.9. The van der Waals surface area contributed by atoms with Crippen molar-refractivity contribution in [1.29, 1.82) is 0 Å². The monoisotopic (exact) mass is 336 g/mol. The second kappa shape index (κ2) is 7.49. The number of hydrogen-bond donors (Lipinski definition) is 1. The molecule has 4 rings (SSSR count). The fourth-order valence-corrected chi connectivity index (χ4v) is 4.28. The van der Waals surface area contributed by atoms with E-state index in [1.807, 2.05) is 18.2 Å². The number of fused-ring (bicyclic) bond motifs is 1. The second-order valence-electron chi connectivity index (χ2n) is 7.39. The molecule has 25 heavy (non-hydrogen) atoms. The van der Waals surface area contributed by atoms with E-state index in [-0.39, 0.29) is 0 Å². The van der Waals surface area contributed by atoms with Crippen LogP contribution in [-0.4, -0.2) is 24.0 Å². The Morgan fingerprint density at radius 2 is 1.92 bits per heavy atom. The highest BCUT2D eigenvalue weighted by atomic mass is 16.5. The highest BCUT2D eigenvalue weighted by Crippen LogP contribution is 2.35. The third-order valence-corrected chi connectivity index (χ3v) is 5.64. The molecule has 1 saturated carbocycles. The van der Waals surface area contributed by atoms with Crippen LogP contribution in [0.2, 0.25) is 0 Å². The summed E-state index contributed by atoms with van der Waals surface area (Å²) in [5.41, 5.74) is 3.56. The van der Waals surface area contributed by atoms with Gasteiger partial charge in [-0.15, -0.1) is 0 Å². The molecule has 2 aliphatic heterocycles. The molecule has 1 N–H and O–H groups in total. The zero-order chi connectivity index (χ0) is 17.1. The number of rotatable bonds is 4. The summed E-state index contributed by atoms with van der Waals surface area (Å²) in [6.45, 7) is 6.88. The van der Waals surface area contributed by atoms with Crippen molar-refractivity contribution in [2.45, 2.75) is 44.8 Å². The van der Waals surface area contributed by atoms with E-state index >= 15 is 0 Å². The molecule has 0 radical (unpaired) electrons. The van der Waals surface area contributed by atoms with Gasteiger partial charge in [-0.25, -0.2) is 0 Å². The first kappa shape index (κ1) is 16.5. The Labute approximate surface area is 151 Å². The Balaban J connectivity index is 1.46. The van der Waals surface area contributed by atoms with E-state index in [1.165, 1.54) is 43.4 Å². The smallest absolute Gasteiger partial charge is 0.142 e. The van der Waals surface area contributed by atoms with Gasteiger partial charge in [-0.1, -0.05) is 56.2 Å². The lowest BCUT2D eigenvalue weighted by Gasteiger charge is -2.43. The van der Waals surface area contributed by atoms with Gasteiger partial charge in [0.1, 0.15) is 12.4 Å². The fourth-order valence-electron chi connectivity index (χ4n) is 4.28. The van der Waals surface area contributed by atoms with Crippen molar-refractivity contribution in [2.75, 3.05) is 13.1 Å². The van der Waals surface area contributed by atoms with Crippen molar-refractivity contribution in [1.82, 2.24) is 10.2 Å². The third kappa shape index (κ3) is 3.67. The summed E-state index contributed by atoms with van der Waals surface area (Å²) >= 11 is 0. The summed E-state index contributed by atoms with van der Waals surface area (Å²) in [5, 5.41) is 3.76. The Kier molecular flexibility index (Phi) is 4.93. The molecular weight excluding hydrogens is 308 g/mol. The first-order valence-corrected chi connectivity index (χ1v) is 9.61. The van der Waals surface area contributed by atoms with Crippen LogP contribution in [0, 0.1) is 5.92 Å². The fraction of sp³-hybridized carbons (Fsp3) is 0.455. The highest BCUT2D eigenvalue weighted by molar-refractivity contribution is 5.42. The van der Waals surface area contributed by atoms with Crippen LogP contribution in [0.25, 0.3) is 0 Å². The van der Waals surface area contributed by atoms with Gasteiger partial charge in [-0.05, 0) is 30.4 Å². The van der Waals surface area contributed by atoms with Crippen molar-refractivity contribution in [3.05, 3.63) is 71.8 Å². The number of allylic oxidation sites excluding steroid dienone is 1. The summed E-state index contributed by atoms with van der Waals surface area (Å²) in [5.74, 6) is 1.66. The van der Waals surface area contributed by atoms with E-state index in [0.717, 1.165) is 30.3 Å². The number of nitrogens with zero attached hydrogens (tertiary/aromatic N) is 1. The maximum Gasteiger partial charge on any atom is 0.142 e. The van der Waals surface area contributed by atoms with Crippen molar-refractivity contribution in [3.63, 3.8) is 0 Å². The summed E-state index contributed by atoms with van der Waals surface area (Å²) in [4.78, 5) is 2.38. The average Bonchev–Trinajstić information content (AvgIpc) is 2.67. The van der Waals surface area contributed by atoms with E-state index in [0.29, 0.717) is 12.6 Å². The molecule has 1 aromatic carbocycles. The lowest BCUT2D eigenvalue weighted by atomic mass is 9.81. The lowest BCUT2D eigenvalue weighted by molar-refractivity contribution is 0.185. The molecule has 1 saturated heterocycles. The Morgan fingerprint density at radius 3 is 2.72 bits per heavy atom. The largest absolute Gasteiger partial charge is 0.487 e. The first-order valence-electron chi connectivity index (χ1n) is 9.61. The van der Waals surface area contributed by atoms with E-state index in [9.17, 15) is 0 Å². The number of piperazine rings is 1. The van der Waals surface area contributed by atoms with E-state index in [1.54, 1.807) is 0 Å². The van der Waals surface area contributed by atoms with Crippen LogP contribution in [0.5, 0.6) is 0 Å². The molecule has 0 spiro atoms. The Bertz CT molecular complexity index is 671. The summed E-state index contributed by atoms with van der Waals surface area (Å²) in [7, 11) is 0. The van der Waals surface area contributed by atoms with Crippen LogP contribution in [-0.2, 0) is 11.3 Å². The quantitative estimate of drug-likeness (QED) is 0.884. The van der Waals surface area contributed by atoms with Gasteiger partial charge in [-0.3, -0.25) is 0 Å². The van der Waals surface area contributed by atoms with Gasteiger partial charge in [0.2, 0.25) is 0 Å². The molecule has 2 heterocycles. The van der Waals surface area contributed by atoms with Crippen molar-refractivity contribution < 1.29 is 4.74 Å². The molecule has 0 aromatic heterocycles. The van der Waals surface area contributed by atoms with Crippen molar-refractivity contribution in [2.24, 2.45) is 5.92 Å². The van der Waals surface area contributed by atoms with Gasteiger partial charge in [-0.2, -0.15) is 0 Å². The number of hydrogen-bond acceptors (Lipinski definition) is 3. The zero-order valence-electron chi connectivity index (χ0n) is 14.9. The molecule has 3 aliphatic rings. The van der Waals surface area contributed by atoms with Gasteiger partial charge < -0.3 is 15.0 Å². The first-order chi connectivity index (χ1) is 12.3. The van der Waals surface area contributed by atoms with Crippen LogP contribution in [0.15, 0.2) is 66.2 Å². The van der Waals surface area contributed by atoms with Crippen LogP contribution in [0.4, 0.5) is 0 Å². The molecular formula is C22H28N2O. The van der Waals surface area contributed by atoms with Gasteiger partial charge in [0.05, 0.1) is 6.04 Å². The molecule has 1 aliphatic carbocycles. The highest BCUT2D eigenvalue weighted by Gasteiger charge is 2.33. The topological polar surface area (TPSA) is 24.5 Å². The van der Waals surface area contributed by atoms with Crippen molar-refractivity contribution in [3.8, 4) is 0 Å². The van der Waals surface area contributed by atoms with Crippen LogP contribution >= 0.6 is 0 Å². The molecule has 0 amide bonds. The number of ether oxygens (including phenoxy) is 1. The molecule has 3 heteroatoms. The third-order valence-electron chi connectivity index (χ3n) is 5.64. The molecule has 1 aromatic rings. The van der Waals surface area contributed by atoms with E-state index in [4.69, 9.17) is 4.74 Å². The second-order valence-corrected chi connectivity index (χ2v) is 7.39. The molecule has 3 nitrogen and oxygen atoms in total. The summed E-state index contributed by atoms with van der Waals surface area (Å²) < 4.78 is 6.07. The number of benzene rings is 1. The predicted octanol–water partition coefficient (Wildman–Crippen LogP) is 4.35. The number of nitrogens with one attached hydrogen (secondary N) is 1. The summed E-state index contributed by atoms with van der Waals surface area (Å²) in [6.07, 6.45) is 11.2. The minimum Gasteiger partial charge on any atom is -0.487 e. The average molecular weight is 336 g/mol. The molecule has 0 bridgehead atoms. The van der Waals surface area contributed by atoms with Gasteiger partial charge in [0, 0.05) is 30.6 Å². The molecule has 1 atom stereocenters. The molecule has 2 fully saturated rings. The Morgan fingerprint density at radius 1 is 1.12 bits per heavy atom. The summed E-state index contributed by atoms with van der Waals surface area (Å²) in [6, 6.07) is 10.8. The SMILES string of the molecule is C=C1C=C2C(C3CCCCC3)NCCN2C=C1OCc1ccccc1. The molecule has 1 unspecified atom stereocenters. The minimum atomic E-state index is 0.470. The van der Waals surface area contributed by atoms with Gasteiger partial charge in [0.15, 0.2) is 0 Å². The lowest BCUT2D eigenvalue weighted by Crippen LogP contribution is -2.51. The predicted molar refractivity (Wildman–Crippen MR) is 102 cm³/mol. The molecule has 132 valence electrons. The van der Waals surface area contributed by atoms with Gasteiger partial charge in [0.25, 0.3) is 0 Å². The van der Waals surface area contributed by atoms with Crippen LogP contribution in [0.3, 0.4) is 0 Å². The maximum absolute atomic E-state index is 6.07. The normalized spacial score (nSPS) is 24.4. The van der Waals surface area contributed by atoms with E-state index < -0.39 is 0 Å². The maximum atomic E-state index is 6.07. The Hall–Kier alpha value is -2.00. The van der Waals surface area contributed by atoms with Crippen LogP contribution < -0.4 is 5.32 Å². The van der Waals surface area contributed by atoms with Crippen LogP contribution in [0.1, 0.15) is 37.7 Å². The minimum absolute atomic E-state index is 0.470. The van der Waals surface area contributed by atoms with Gasteiger partial charge >= 0.3 is 0 Å². The standard InChI is InChI=1S/C22H28N2O/c1-17-14-20-22(19-10-6-3-7-11-19)23-12-13-24(20)15-21(17)25-16-18-8-4-2-5-9-18/h2,4-5,8-9,14-15,19,22-23H,1,3,6-7,10-13,16H2.